The Balaban J connectivity index is 2.35. The van der Waals surface area contributed by atoms with Crippen LogP contribution in [0.2, 0.25) is 0 Å². The summed E-state index contributed by atoms with van der Waals surface area (Å²) < 4.78 is 32.3. The molecule has 0 amide bonds. The summed E-state index contributed by atoms with van der Waals surface area (Å²) in [6, 6.07) is 4.89. The van der Waals surface area contributed by atoms with Crippen LogP contribution in [0.15, 0.2) is 23.1 Å². The van der Waals surface area contributed by atoms with Gasteiger partial charge in [-0.3, -0.25) is 0 Å². The first-order chi connectivity index (χ1) is 8.91. The SMILES string of the molecule is Cc1cc(N)ccc1S(=O)(=O)N1CCCOC(C)C1. The van der Waals surface area contributed by atoms with Crippen LogP contribution >= 0.6 is 0 Å². The van der Waals surface area contributed by atoms with E-state index in [0.29, 0.717) is 35.8 Å². The zero-order valence-corrected chi connectivity index (χ0v) is 12.1. The van der Waals surface area contributed by atoms with Crippen LogP contribution in [0.25, 0.3) is 0 Å². The number of aryl methyl sites for hydroxylation is 1. The molecule has 1 heterocycles. The number of nitrogen functional groups attached to an aromatic ring is 1. The highest BCUT2D eigenvalue weighted by Crippen LogP contribution is 2.23. The molecule has 0 saturated carbocycles. The Hall–Kier alpha value is -1.11. The van der Waals surface area contributed by atoms with Gasteiger partial charge in [0.25, 0.3) is 0 Å². The van der Waals surface area contributed by atoms with Crippen LogP contribution in [0.4, 0.5) is 5.69 Å². The molecule has 2 N–H and O–H groups in total. The van der Waals surface area contributed by atoms with E-state index in [2.05, 4.69) is 0 Å². The van der Waals surface area contributed by atoms with Crippen molar-refractivity contribution in [2.24, 2.45) is 0 Å². The molecule has 1 fully saturated rings. The smallest absolute Gasteiger partial charge is 0.243 e. The van der Waals surface area contributed by atoms with E-state index in [9.17, 15) is 8.42 Å². The topological polar surface area (TPSA) is 72.6 Å². The number of anilines is 1. The number of nitrogens with two attached hydrogens (primary N) is 1. The summed E-state index contributed by atoms with van der Waals surface area (Å²) in [5, 5.41) is 0. The van der Waals surface area contributed by atoms with E-state index in [4.69, 9.17) is 10.5 Å². The first-order valence-electron chi connectivity index (χ1n) is 6.39. The van der Waals surface area contributed by atoms with Crippen LogP contribution in [-0.2, 0) is 14.8 Å². The van der Waals surface area contributed by atoms with Crippen LogP contribution in [0.3, 0.4) is 0 Å². The predicted molar refractivity (Wildman–Crippen MR) is 74.4 cm³/mol. The van der Waals surface area contributed by atoms with Gasteiger partial charge < -0.3 is 10.5 Å². The van der Waals surface area contributed by atoms with Crippen molar-refractivity contribution in [2.75, 3.05) is 25.4 Å². The van der Waals surface area contributed by atoms with E-state index in [1.165, 1.54) is 4.31 Å². The molecule has 1 aromatic rings. The van der Waals surface area contributed by atoms with Gasteiger partial charge in [0.2, 0.25) is 10.0 Å². The second kappa shape index (κ2) is 5.48. The zero-order chi connectivity index (χ0) is 14.0. The number of hydrogen-bond acceptors (Lipinski definition) is 4. The van der Waals surface area contributed by atoms with Gasteiger partial charge in [0.05, 0.1) is 11.0 Å². The van der Waals surface area contributed by atoms with E-state index in [0.717, 1.165) is 6.42 Å². The van der Waals surface area contributed by atoms with E-state index in [-0.39, 0.29) is 6.10 Å². The van der Waals surface area contributed by atoms with Gasteiger partial charge in [0.15, 0.2) is 0 Å². The average molecular weight is 284 g/mol. The molecule has 19 heavy (non-hydrogen) atoms. The number of sulfonamides is 1. The van der Waals surface area contributed by atoms with Crippen LogP contribution < -0.4 is 5.73 Å². The molecule has 106 valence electrons. The Bertz CT molecular complexity index is 557. The fraction of sp³-hybridized carbons (Fsp3) is 0.538. The quantitative estimate of drug-likeness (QED) is 0.833. The lowest BCUT2D eigenvalue weighted by molar-refractivity contribution is 0.0752. The summed E-state index contributed by atoms with van der Waals surface area (Å²) in [7, 11) is -3.47. The number of benzene rings is 1. The fourth-order valence-corrected chi connectivity index (χ4v) is 4.04. The van der Waals surface area contributed by atoms with E-state index >= 15 is 0 Å². The molecule has 1 unspecified atom stereocenters. The number of ether oxygens (including phenoxy) is 1. The van der Waals surface area contributed by atoms with Crippen LogP contribution in [-0.4, -0.2) is 38.5 Å². The third-order valence-corrected chi connectivity index (χ3v) is 5.26. The number of nitrogens with zero attached hydrogens (tertiary/aromatic N) is 1. The molecule has 1 aromatic carbocycles. The second-order valence-electron chi connectivity index (χ2n) is 4.92. The summed E-state index contributed by atoms with van der Waals surface area (Å²) in [5.41, 5.74) is 6.92. The van der Waals surface area contributed by atoms with Gasteiger partial charge in [-0.05, 0) is 44.0 Å². The van der Waals surface area contributed by atoms with Gasteiger partial charge in [-0.2, -0.15) is 4.31 Å². The maximum atomic E-state index is 12.6. The van der Waals surface area contributed by atoms with Crippen molar-refractivity contribution in [2.45, 2.75) is 31.3 Å². The van der Waals surface area contributed by atoms with Gasteiger partial charge in [0, 0.05) is 25.4 Å². The summed E-state index contributed by atoms with van der Waals surface area (Å²) in [6.45, 7) is 5.15. The minimum absolute atomic E-state index is 0.0774. The average Bonchev–Trinajstić information content (AvgIpc) is 2.53. The highest BCUT2D eigenvalue weighted by Gasteiger charge is 2.28. The molecule has 6 heteroatoms. The first kappa shape index (κ1) is 14.3. The van der Waals surface area contributed by atoms with Crippen molar-refractivity contribution < 1.29 is 13.2 Å². The second-order valence-corrected chi connectivity index (χ2v) is 6.83. The lowest BCUT2D eigenvalue weighted by atomic mass is 10.2. The molecule has 1 aliphatic rings. The van der Waals surface area contributed by atoms with Crippen molar-refractivity contribution in [3.8, 4) is 0 Å². The Morgan fingerprint density at radius 2 is 2.16 bits per heavy atom. The maximum Gasteiger partial charge on any atom is 0.243 e. The summed E-state index contributed by atoms with van der Waals surface area (Å²) >= 11 is 0. The molecule has 0 bridgehead atoms. The molecule has 0 spiro atoms. The minimum Gasteiger partial charge on any atom is -0.399 e. The lowest BCUT2D eigenvalue weighted by Gasteiger charge is -2.22. The zero-order valence-electron chi connectivity index (χ0n) is 11.3. The Morgan fingerprint density at radius 1 is 1.42 bits per heavy atom. The molecular formula is C13H20N2O3S. The van der Waals surface area contributed by atoms with Crippen molar-refractivity contribution in [3.05, 3.63) is 23.8 Å². The molecule has 0 radical (unpaired) electrons. The van der Waals surface area contributed by atoms with E-state index in [1.807, 2.05) is 6.92 Å². The largest absolute Gasteiger partial charge is 0.399 e. The summed E-state index contributed by atoms with van der Waals surface area (Å²) in [4.78, 5) is 0.329. The first-order valence-corrected chi connectivity index (χ1v) is 7.83. The van der Waals surface area contributed by atoms with Gasteiger partial charge in [-0.25, -0.2) is 8.42 Å². The van der Waals surface area contributed by atoms with Crippen molar-refractivity contribution in [1.29, 1.82) is 0 Å². The standard InChI is InChI=1S/C13H20N2O3S/c1-10-8-12(14)4-5-13(10)19(16,17)15-6-3-7-18-11(2)9-15/h4-5,8,11H,3,6-7,9,14H2,1-2H3. The highest BCUT2D eigenvalue weighted by molar-refractivity contribution is 7.89. The summed E-state index contributed by atoms with van der Waals surface area (Å²) in [5.74, 6) is 0. The Kier molecular flexibility index (Phi) is 4.13. The minimum atomic E-state index is -3.47. The number of hydrogen-bond donors (Lipinski definition) is 1. The van der Waals surface area contributed by atoms with Gasteiger partial charge >= 0.3 is 0 Å². The van der Waals surface area contributed by atoms with Crippen molar-refractivity contribution in [1.82, 2.24) is 4.31 Å². The molecule has 1 saturated heterocycles. The van der Waals surface area contributed by atoms with Gasteiger partial charge in [-0.15, -0.1) is 0 Å². The Labute approximate surface area is 114 Å². The monoisotopic (exact) mass is 284 g/mol. The normalized spacial score (nSPS) is 22.1. The van der Waals surface area contributed by atoms with E-state index in [1.54, 1.807) is 25.1 Å². The fourth-order valence-electron chi connectivity index (χ4n) is 2.28. The third kappa shape index (κ3) is 3.08. The molecule has 0 aliphatic carbocycles. The van der Waals surface area contributed by atoms with Crippen molar-refractivity contribution >= 4 is 15.7 Å². The van der Waals surface area contributed by atoms with Crippen molar-refractivity contribution in [3.63, 3.8) is 0 Å². The molecule has 1 atom stereocenters. The molecular weight excluding hydrogens is 264 g/mol. The van der Waals surface area contributed by atoms with E-state index < -0.39 is 10.0 Å². The molecule has 5 nitrogen and oxygen atoms in total. The summed E-state index contributed by atoms with van der Waals surface area (Å²) in [6.07, 6.45) is 0.642. The van der Waals surface area contributed by atoms with Crippen LogP contribution in [0, 0.1) is 6.92 Å². The molecule has 1 aliphatic heterocycles. The van der Waals surface area contributed by atoms with Gasteiger partial charge in [-0.1, -0.05) is 0 Å². The van der Waals surface area contributed by atoms with Crippen LogP contribution in [0.5, 0.6) is 0 Å². The maximum absolute atomic E-state index is 12.6. The highest BCUT2D eigenvalue weighted by atomic mass is 32.2. The third-order valence-electron chi connectivity index (χ3n) is 3.23. The van der Waals surface area contributed by atoms with Gasteiger partial charge in [0.1, 0.15) is 0 Å². The molecule has 2 rings (SSSR count). The predicted octanol–water partition coefficient (Wildman–Crippen LogP) is 1.38. The number of rotatable bonds is 2. The molecule has 0 aromatic heterocycles. The lowest BCUT2D eigenvalue weighted by Crippen LogP contribution is -2.36. The Morgan fingerprint density at radius 3 is 2.84 bits per heavy atom. The van der Waals surface area contributed by atoms with Crippen LogP contribution in [0.1, 0.15) is 18.9 Å².